The third-order valence-corrected chi connectivity index (χ3v) is 18.0. The van der Waals surface area contributed by atoms with Crippen molar-refractivity contribution in [2.45, 2.75) is 6.17 Å². The van der Waals surface area contributed by atoms with Crippen LogP contribution in [0.15, 0.2) is 213 Å². The first-order valence-corrected chi connectivity index (χ1v) is 23.5. The number of hydrogen-bond acceptors (Lipinski definition) is 3. The van der Waals surface area contributed by atoms with Crippen molar-refractivity contribution in [3.8, 4) is 5.69 Å². The van der Waals surface area contributed by atoms with Crippen LogP contribution in [0.2, 0.25) is 0 Å². The van der Waals surface area contributed by atoms with Gasteiger partial charge in [-0.1, -0.05) is 143 Å². The number of aromatic nitrogens is 4. The van der Waals surface area contributed by atoms with Crippen molar-refractivity contribution in [3.05, 3.63) is 236 Å². The molecule has 65 heavy (non-hydrogen) atoms. The van der Waals surface area contributed by atoms with E-state index in [2.05, 4.69) is 178 Å². The zero-order valence-corrected chi connectivity index (χ0v) is 37.3. The van der Waals surface area contributed by atoms with Crippen LogP contribution in [-0.2, 0) is 20.4 Å². The van der Waals surface area contributed by atoms with Gasteiger partial charge in [-0.2, -0.15) is 18.2 Å². The molecule has 4 aromatic heterocycles. The average Bonchev–Trinajstić information content (AvgIpc) is 4.00. The van der Waals surface area contributed by atoms with Crippen LogP contribution in [-0.4, -0.2) is 27.0 Å². The van der Waals surface area contributed by atoms with Crippen LogP contribution in [0.25, 0.3) is 54.8 Å². The quantitative estimate of drug-likeness (QED) is 0.0947. The van der Waals surface area contributed by atoms with E-state index in [1.54, 1.807) is 6.20 Å². The van der Waals surface area contributed by atoms with Crippen LogP contribution in [0.1, 0.15) is 17.3 Å². The summed E-state index contributed by atoms with van der Waals surface area (Å²) in [5.74, 6) is 0.815. The molecule has 0 aliphatic carbocycles. The topological polar surface area (TPSA) is 38.4 Å². The summed E-state index contributed by atoms with van der Waals surface area (Å²) in [6.45, 7) is 0. The molecule has 0 saturated heterocycles. The number of anilines is 3. The molecule has 8 aromatic carbocycles. The molecule has 0 radical (unpaired) electrons. The summed E-state index contributed by atoms with van der Waals surface area (Å²) in [6.07, 6.45) is 4.10. The molecule has 12 aromatic rings. The Hall–Kier alpha value is -7.47. The summed E-state index contributed by atoms with van der Waals surface area (Å²) in [5, 5.41) is 10.1. The largest absolute Gasteiger partial charge is 2.00 e. The minimum absolute atomic E-state index is 0. The van der Waals surface area contributed by atoms with Gasteiger partial charge < -0.3 is 13.9 Å². The van der Waals surface area contributed by atoms with Crippen molar-refractivity contribution in [1.82, 2.24) is 18.9 Å². The average molecular weight is 944 g/mol. The van der Waals surface area contributed by atoms with Crippen LogP contribution in [0, 0.1) is 12.1 Å². The minimum Gasteiger partial charge on any atom is -0.340 e. The summed E-state index contributed by atoms with van der Waals surface area (Å²) in [4.78, 5) is 12.2. The number of para-hydroxylation sites is 3. The molecule has 0 bridgehead atoms. The summed E-state index contributed by atoms with van der Waals surface area (Å²) in [7, 11) is -3.19. The molecule has 13 rings (SSSR count). The van der Waals surface area contributed by atoms with Crippen LogP contribution in [0.5, 0.6) is 0 Å². The van der Waals surface area contributed by atoms with E-state index < -0.39 is 14.2 Å². The van der Waals surface area contributed by atoms with Crippen molar-refractivity contribution in [1.29, 1.82) is 0 Å². The first kappa shape index (κ1) is 39.1. The summed E-state index contributed by atoms with van der Waals surface area (Å²) < 4.78 is 21.8. The SMILES string of the molecule is FC(c1[c-]c(N2c3ccc4c(c3[Si](c3ccccc3)(c3ccccc3)c3cccnc32)c2ccccc2n4-c2ccccc2)ccc1)c1[c-]c2c(cc1)c1ccccc1n1ccnc21.[Pd+2]. The van der Waals surface area contributed by atoms with Gasteiger partial charge in [0.15, 0.2) is 8.07 Å². The number of pyridine rings is 2. The molecule has 0 fully saturated rings. The Morgan fingerprint density at radius 3 is 1.97 bits per heavy atom. The van der Waals surface area contributed by atoms with Crippen LogP contribution >= 0.6 is 0 Å². The molecule has 0 amide bonds. The molecule has 5 nitrogen and oxygen atoms in total. The predicted octanol–water partition coefficient (Wildman–Crippen LogP) is 11.0. The van der Waals surface area contributed by atoms with Crippen LogP contribution in [0.3, 0.4) is 0 Å². The van der Waals surface area contributed by atoms with Gasteiger partial charge in [-0.3, -0.25) is 4.98 Å². The number of nitrogens with zero attached hydrogens (tertiary/aromatic N) is 5. The van der Waals surface area contributed by atoms with Gasteiger partial charge in [0.05, 0.1) is 16.7 Å². The molecule has 0 saturated carbocycles. The fourth-order valence-corrected chi connectivity index (χ4v) is 15.8. The van der Waals surface area contributed by atoms with E-state index in [-0.39, 0.29) is 20.4 Å². The second-order valence-electron chi connectivity index (χ2n) is 16.4. The number of hydrogen-bond donors (Lipinski definition) is 0. The number of alkyl halides is 1. The fourth-order valence-electron chi connectivity index (χ4n) is 10.5. The molecular weight excluding hydrogens is 908 g/mol. The number of fused-ring (bicyclic) bond motifs is 12. The zero-order chi connectivity index (χ0) is 42.4. The summed E-state index contributed by atoms with van der Waals surface area (Å²) in [6, 6.07) is 75.2. The van der Waals surface area contributed by atoms with Crippen molar-refractivity contribution >= 4 is 95.1 Å². The zero-order valence-electron chi connectivity index (χ0n) is 34.7. The van der Waals surface area contributed by atoms with Gasteiger partial charge in [-0.25, -0.2) is 9.37 Å². The van der Waals surface area contributed by atoms with Crippen LogP contribution in [0.4, 0.5) is 21.6 Å². The number of imidazole rings is 1. The second-order valence-corrected chi connectivity index (χ2v) is 20.1. The van der Waals surface area contributed by atoms with Crippen molar-refractivity contribution in [2.24, 2.45) is 0 Å². The molecule has 0 N–H and O–H groups in total. The summed E-state index contributed by atoms with van der Waals surface area (Å²) in [5.41, 5.74) is 7.69. The van der Waals surface area contributed by atoms with E-state index in [9.17, 15) is 0 Å². The molecule has 1 unspecified atom stereocenters. The number of halogens is 1. The van der Waals surface area contributed by atoms with Gasteiger partial charge in [0, 0.05) is 46.3 Å². The standard InChI is InChI=1S/C57H36FN5Si.Pd/c58-54(39-29-30-44-45-24-10-12-26-48(45)61-35-34-60-56(61)47(44)37-39)38-16-14-19-41(36-38)63-51-32-31-50-53(46-25-11-13-27-49(46)62(50)40-17-4-1-5-18-40)55(51)64(42-20-6-2-7-21-42,43-22-8-3-9-23-43)52-28-15-33-59-57(52)63;/h1-35,54H;/q-2;+2. The van der Waals surface area contributed by atoms with E-state index in [0.717, 1.165) is 60.7 Å². The Bertz CT molecular complexity index is 3740. The van der Waals surface area contributed by atoms with E-state index >= 15 is 4.39 Å². The Morgan fingerprint density at radius 1 is 0.523 bits per heavy atom. The maximum absolute atomic E-state index is 17.4. The van der Waals surface area contributed by atoms with E-state index in [0.29, 0.717) is 16.8 Å². The number of rotatable bonds is 6. The molecule has 1 aliphatic heterocycles. The molecule has 8 heteroatoms. The maximum atomic E-state index is 17.4. The Labute approximate surface area is 389 Å². The van der Waals surface area contributed by atoms with Crippen molar-refractivity contribution in [3.63, 3.8) is 0 Å². The molecular formula is C57H36FN5PdSi. The third-order valence-electron chi connectivity index (χ3n) is 13.1. The number of benzene rings is 8. The molecule has 1 atom stereocenters. The summed E-state index contributed by atoms with van der Waals surface area (Å²) >= 11 is 0. The smallest absolute Gasteiger partial charge is 0.340 e. The molecule has 0 spiro atoms. The first-order chi connectivity index (χ1) is 31.7. The first-order valence-electron chi connectivity index (χ1n) is 21.5. The van der Waals surface area contributed by atoms with Gasteiger partial charge in [-0.15, -0.1) is 29.8 Å². The third kappa shape index (κ3) is 5.71. The minimum atomic E-state index is -3.19. The van der Waals surface area contributed by atoms with Crippen molar-refractivity contribution in [2.75, 3.05) is 4.90 Å². The molecule has 5 heterocycles. The van der Waals surface area contributed by atoms with Gasteiger partial charge in [-0.05, 0) is 68.6 Å². The van der Waals surface area contributed by atoms with Crippen molar-refractivity contribution < 1.29 is 24.8 Å². The van der Waals surface area contributed by atoms with E-state index in [4.69, 9.17) is 9.97 Å². The Morgan fingerprint density at radius 2 is 1.20 bits per heavy atom. The molecule has 1 aliphatic rings. The van der Waals surface area contributed by atoms with Gasteiger partial charge in [0.2, 0.25) is 0 Å². The monoisotopic (exact) mass is 943 g/mol. The maximum Gasteiger partial charge on any atom is 2.00 e. The van der Waals surface area contributed by atoms with Gasteiger partial charge in [0.1, 0.15) is 12.0 Å². The normalized spacial score (nSPS) is 13.5. The second kappa shape index (κ2) is 15.4. The van der Waals surface area contributed by atoms with Gasteiger partial charge >= 0.3 is 20.4 Å². The Kier molecular flexibility index (Phi) is 9.25. The molecule has 310 valence electrons. The van der Waals surface area contributed by atoms with E-state index in [1.807, 2.05) is 54.9 Å². The van der Waals surface area contributed by atoms with E-state index in [1.165, 1.54) is 26.3 Å². The Balaban J connectivity index is 0.00000444. The van der Waals surface area contributed by atoms with Crippen LogP contribution < -0.4 is 25.6 Å². The predicted molar refractivity (Wildman–Crippen MR) is 261 cm³/mol. The van der Waals surface area contributed by atoms with Gasteiger partial charge in [0.25, 0.3) is 0 Å². The fraction of sp³-hybridized carbons (Fsp3) is 0.0175.